The molecule has 0 atom stereocenters. The lowest BCUT2D eigenvalue weighted by atomic mass is 10.0. The van der Waals surface area contributed by atoms with Gasteiger partial charge in [-0.15, -0.1) is 0 Å². The Hall–Kier alpha value is -1.58. The van der Waals surface area contributed by atoms with E-state index in [0.29, 0.717) is 17.9 Å². The topological polar surface area (TPSA) is 45.2 Å². The number of hydrogen-bond donors (Lipinski definition) is 1. The van der Waals surface area contributed by atoms with Gasteiger partial charge in [-0.05, 0) is 44.7 Å². The van der Waals surface area contributed by atoms with Gasteiger partial charge in [0, 0.05) is 42.6 Å². The highest BCUT2D eigenvalue weighted by Gasteiger charge is 2.34. The Morgan fingerprint density at radius 2 is 2.05 bits per heavy atom. The van der Waals surface area contributed by atoms with Crippen LogP contribution < -0.4 is 5.32 Å². The van der Waals surface area contributed by atoms with Crippen LogP contribution in [-0.4, -0.2) is 34.9 Å². The molecular weight excluding hydrogens is 238 g/mol. The Morgan fingerprint density at radius 3 is 2.68 bits per heavy atom. The summed E-state index contributed by atoms with van der Waals surface area (Å²) in [6.07, 6.45) is 6.13. The number of pyridine rings is 1. The first-order valence-electron chi connectivity index (χ1n) is 7.20. The van der Waals surface area contributed by atoms with E-state index in [9.17, 15) is 4.79 Å². The van der Waals surface area contributed by atoms with E-state index in [4.69, 9.17) is 0 Å². The lowest BCUT2D eigenvalue weighted by Crippen LogP contribution is -2.43. The van der Waals surface area contributed by atoms with Crippen molar-refractivity contribution in [1.29, 1.82) is 0 Å². The lowest BCUT2D eigenvalue weighted by molar-refractivity contribution is -0.133. The molecule has 1 N–H and O–H groups in total. The smallest absolute Gasteiger partial charge is 0.225 e. The largest absolute Gasteiger partial charge is 0.382 e. The van der Waals surface area contributed by atoms with E-state index in [2.05, 4.69) is 16.4 Å². The fraction of sp³-hybridized carbons (Fsp3) is 0.600. The molecule has 4 nitrogen and oxygen atoms in total. The zero-order chi connectivity index (χ0) is 13.2. The molecule has 0 unspecified atom stereocenters. The molecule has 1 aliphatic carbocycles. The zero-order valence-electron chi connectivity index (χ0n) is 11.4. The first-order chi connectivity index (χ1) is 9.22. The van der Waals surface area contributed by atoms with Crippen molar-refractivity contribution < 1.29 is 4.79 Å². The normalized spacial score (nSPS) is 20.4. The number of amides is 1. The number of piperidine rings is 1. The molecule has 0 radical (unpaired) electrons. The predicted molar refractivity (Wildman–Crippen MR) is 74.9 cm³/mol. The van der Waals surface area contributed by atoms with Crippen LogP contribution in [0.3, 0.4) is 0 Å². The van der Waals surface area contributed by atoms with Crippen molar-refractivity contribution in [2.45, 2.75) is 38.6 Å². The second-order valence-corrected chi connectivity index (χ2v) is 5.70. The molecule has 4 heteroatoms. The molecule has 1 saturated heterocycles. The molecule has 2 aliphatic rings. The molecule has 0 aromatic carbocycles. The second kappa shape index (κ2) is 5.19. The minimum Gasteiger partial charge on any atom is -0.382 e. The number of anilines is 1. The molecule has 1 saturated carbocycles. The SMILES string of the molecule is Cc1cc(NC2CCN(C(=O)C3CC3)CC2)ccn1. The van der Waals surface area contributed by atoms with Gasteiger partial charge >= 0.3 is 0 Å². The van der Waals surface area contributed by atoms with E-state index in [-0.39, 0.29) is 0 Å². The van der Waals surface area contributed by atoms with Crippen molar-refractivity contribution in [3.8, 4) is 0 Å². The Morgan fingerprint density at radius 1 is 1.32 bits per heavy atom. The van der Waals surface area contributed by atoms with Crippen LogP contribution in [0.4, 0.5) is 5.69 Å². The van der Waals surface area contributed by atoms with Gasteiger partial charge in [0.1, 0.15) is 0 Å². The number of nitrogens with one attached hydrogen (secondary N) is 1. The van der Waals surface area contributed by atoms with Gasteiger partial charge < -0.3 is 10.2 Å². The Labute approximate surface area is 114 Å². The number of rotatable bonds is 3. The molecule has 0 bridgehead atoms. The molecule has 19 heavy (non-hydrogen) atoms. The summed E-state index contributed by atoms with van der Waals surface area (Å²) >= 11 is 0. The highest BCUT2D eigenvalue weighted by molar-refractivity contribution is 5.81. The van der Waals surface area contributed by atoms with Gasteiger partial charge in [-0.3, -0.25) is 9.78 Å². The number of aromatic nitrogens is 1. The van der Waals surface area contributed by atoms with Gasteiger partial charge in [0.05, 0.1) is 0 Å². The molecule has 2 fully saturated rings. The standard InChI is InChI=1S/C15H21N3O/c1-11-10-14(4-7-16-11)17-13-5-8-18(9-6-13)15(19)12-2-3-12/h4,7,10,12-13H,2-3,5-6,8-9H2,1H3,(H,16,17). The molecule has 1 amide bonds. The fourth-order valence-electron chi connectivity index (χ4n) is 2.70. The number of hydrogen-bond acceptors (Lipinski definition) is 3. The van der Waals surface area contributed by atoms with Crippen molar-refractivity contribution in [2.75, 3.05) is 18.4 Å². The molecule has 2 heterocycles. The van der Waals surface area contributed by atoms with Gasteiger partial charge in [0.25, 0.3) is 0 Å². The van der Waals surface area contributed by atoms with Crippen molar-refractivity contribution in [3.05, 3.63) is 24.0 Å². The van der Waals surface area contributed by atoms with E-state index in [1.165, 1.54) is 0 Å². The number of likely N-dealkylation sites (tertiary alicyclic amines) is 1. The highest BCUT2D eigenvalue weighted by Crippen LogP contribution is 2.32. The van der Waals surface area contributed by atoms with Gasteiger partial charge in [-0.1, -0.05) is 0 Å². The predicted octanol–water partition coefficient (Wildman–Crippen LogP) is 2.20. The summed E-state index contributed by atoms with van der Waals surface area (Å²) in [4.78, 5) is 18.2. The van der Waals surface area contributed by atoms with Crippen LogP contribution >= 0.6 is 0 Å². The first kappa shape index (κ1) is 12.5. The third-order valence-electron chi connectivity index (χ3n) is 4.00. The number of carbonyl (C=O) groups excluding carboxylic acids is 1. The molecule has 1 aromatic rings. The minimum atomic E-state index is 0.354. The average Bonchev–Trinajstić information content (AvgIpc) is 3.23. The van der Waals surface area contributed by atoms with Crippen LogP contribution in [0.5, 0.6) is 0 Å². The van der Waals surface area contributed by atoms with E-state index >= 15 is 0 Å². The third-order valence-corrected chi connectivity index (χ3v) is 4.00. The van der Waals surface area contributed by atoms with Crippen molar-refractivity contribution >= 4 is 11.6 Å². The maximum Gasteiger partial charge on any atom is 0.225 e. The quantitative estimate of drug-likeness (QED) is 0.905. The van der Waals surface area contributed by atoms with Gasteiger partial charge in [-0.2, -0.15) is 0 Å². The second-order valence-electron chi connectivity index (χ2n) is 5.70. The van der Waals surface area contributed by atoms with Crippen LogP contribution in [0.1, 0.15) is 31.4 Å². The average molecular weight is 259 g/mol. The summed E-state index contributed by atoms with van der Waals surface area (Å²) in [5.74, 6) is 0.741. The highest BCUT2D eigenvalue weighted by atomic mass is 16.2. The molecule has 1 aromatic heterocycles. The van der Waals surface area contributed by atoms with Crippen LogP contribution in [0.15, 0.2) is 18.3 Å². The van der Waals surface area contributed by atoms with Gasteiger partial charge in [0.15, 0.2) is 0 Å². The van der Waals surface area contributed by atoms with E-state index in [1.54, 1.807) is 0 Å². The summed E-state index contributed by atoms with van der Waals surface area (Å²) in [6, 6.07) is 4.56. The van der Waals surface area contributed by atoms with Crippen LogP contribution in [0.2, 0.25) is 0 Å². The summed E-state index contributed by atoms with van der Waals surface area (Å²) in [7, 11) is 0. The molecule has 0 spiro atoms. The zero-order valence-corrected chi connectivity index (χ0v) is 11.4. The number of nitrogens with zero attached hydrogens (tertiary/aromatic N) is 2. The maximum absolute atomic E-state index is 12.0. The molecule has 3 rings (SSSR count). The van der Waals surface area contributed by atoms with Crippen LogP contribution in [0, 0.1) is 12.8 Å². The Bertz CT molecular complexity index is 462. The summed E-state index contributed by atoms with van der Waals surface area (Å²) in [5.41, 5.74) is 2.17. The number of carbonyl (C=O) groups is 1. The first-order valence-corrected chi connectivity index (χ1v) is 7.20. The third kappa shape index (κ3) is 3.06. The monoisotopic (exact) mass is 259 g/mol. The molecule has 1 aliphatic heterocycles. The minimum absolute atomic E-state index is 0.354. The lowest BCUT2D eigenvalue weighted by Gasteiger charge is -2.33. The summed E-state index contributed by atoms with van der Waals surface area (Å²) in [5, 5.41) is 3.55. The van der Waals surface area contributed by atoms with E-state index < -0.39 is 0 Å². The van der Waals surface area contributed by atoms with E-state index in [0.717, 1.165) is 50.2 Å². The van der Waals surface area contributed by atoms with Gasteiger partial charge in [-0.25, -0.2) is 0 Å². The fourth-order valence-corrected chi connectivity index (χ4v) is 2.70. The molecule has 102 valence electrons. The van der Waals surface area contributed by atoms with Crippen LogP contribution in [0.25, 0.3) is 0 Å². The van der Waals surface area contributed by atoms with Gasteiger partial charge in [0.2, 0.25) is 5.91 Å². The Balaban J connectivity index is 1.51. The van der Waals surface area contributed by atoms with Crippen molar-refractivity contribution in [2.24, 2.45) is 5.92 Å². The Kier molecular flexibility index (Phi) is 3.40. The summed E-state index contributed by atoms with van der Waals surface area (Å²) in [6.45, 7) is 3.80. The van der Waals surface area contributed by atoms with E-state index in [1.807, 2.05) is 24.1 Å². The maximum atomic E-state index is 12.0. The molecular formula is C15H21N3O. The van der Waals surface area contributed by atoms with Crippen LogP contribution in [-0.2, 0) is 4.79 Å². The van der Waals surface area contributed by atoms with Crippen molar-refractivity contribution in [3.63, 3.8) is 0 Å². The van der Waals surface area contributed by atoms with Crippen molar-refractivity contribution in [1.82, 2.24) is 9.88 Å². The number of aryl methyl sites for hydroxylation is 1. The summed E-state index contributed by atoms with van der Waals surface area (Å²) < 4.78 is 0.